The maximum atomic E-state index is 6.08. The maximum absolute atomic E-state index is 6.08. The molecule has 0 aliphatic rings. The molecule has 5 heteroatoms. The van der Waals surface area contributed by atoms with Gasteiger partial charge in [0.2, 0.25) is 5.95 Å². The van der Waals surface area contributed by atoms with Crippen LogP contribution in [0.15, 0.2) is 41.0 Å². The van der Waals surface area contributed by atoms with E-state index in [1.54, 1.807) is 0 Å². The molecule has 0 spiro atoms. The lowest BCUT2D eigenvalue weighted by molar-refractivity contribution is 0.662. The van der Waals surface area contributed by atoms with Crippen molar-refractivity contribution in [2.24, 2.45) is 0 Å². The molecule has 0 fully saturated rings. The van der Waals surface area contributed by atoms with Gasteiger partial charge in [0.25, 0.3) is 0 Å². The fourth-order valence-electron chi connectivity index (χ4n) is 2.40. The van der Waals surface area contributed by atoms with E-state index in [-0.39, 0.29) is 6.04 Å². The number of imidazole rings is 1. The van der Waals surface area contributed by atoms with Crippen molar-refractivity contribution in [1.29, 1.82) is 0 Å². The molecule has 0 saturated carbocycles. The van der Waals surface area contributed by atoms with Crippen molar-refractivity contribution >= 4 is 33.0 Å². The van der Waals surface area contributed by atoms with Crippen molar-refractivity contribution in [3.8, 4) is 0 Å². The van der Waals surface area contributed by atoms with Crippen LogP contribution in [0.5, 0.6) is 0 Å². The van der Waals surface area contributed by atoms with Gasteiger partial charge in [-0.05, 0) is 43.2 Å². The van der Waals surface area contributed by atoms with Crippen LogP contribution < -0.4 is 5.73 Å². The number of aromatic nitrogens is 3. The first kappa shape index (κ1) is 13.1. The highest BCUT2D eigenvalue weighted by Crippen LogP contribution is 2.27. The van der Waals surface area contributed by atoms with Gasteiger partial charge < -0.3 is 5.73 Å². The van der Waals surface area contributed by atoms with Gasteiger partial charge in [0.05, 0.1) is 6.04 Å². The number of aryl methyl sites for hydroxylation is 1. The minimum Gasteiger partial charge on any atom is -0.369 e. The van der Waals surface area contributed by atoms with Crippen LogP contribution >= 0.6 is 15.9 Å². The Morgan fingerprint density at radius 3 is 2.85 bits per heavy atom. The Morgan fingerprint density at radius 1 is 1.30 bits per heavy atom. The predicted octanol–water partition coefficient (Wildman–Crippen LogP) is 3.69. The molecule has 1 atom stereocenters. The second-order valence-corrected chi connectivity index (χ2v) is 5.84. The number of nitrogens with two attached hydrogens (primary N) is 1. The van der Waals surface area contributed by atoms with E-state index in [4.69, 9.17) is 5.73 Å². The number of nitrogen functional groups attached to an aromatic ring is 1. The average molecular weight is 331 g/mol. The molecular weight excluding hydrogens is 316 g/mol. The van der Waals surface area contributed by atoms with Gasteiger partial charge in [-0.15, -0.1) is 0 Å². The summed E-state index contributed by atoms with van der Waals surface area (Å²) in [6, 6.07) is 10.3. The van der Waals surface area contributed by atoms with Crippen LogP contribution in [0.3, 0.4) is 0 Å². The van der Waals surface area contributed by atoms with E-state index in [9.17, 15) is 0 Å². The smallest absolute Gasteiger partial charge is 0.203 e. The lowest BCUT2D eigenvalue weighted by Crippen LogP contribution is -2.10. The zero-order valence-electron chi connectivity index (χ0n) is 11.3. The van der Waals surface area contributed by atoms with Crippen molar-refractivity contribution < 1.29 is 0 Å². The van der Waals surface area contributed by atoms with Crippen molar-refractivity contribution in [2.75, 3.05) is 5.73 Å². The summed E-state index contributed by atoms with van der Waals surface area (Å²) in [7, 11) is 0. The summed E-state index contributed by atoms with van der Waals surface area (Å²) < 4.78 is 3.02. The fraction of sp³-hybridized carbons (Fsp3) is 0.200. The van der Waals surface area contributed by atoms with Gasteiger partial charge in [0.15, 0.2) is 5.65 Å². The summed E-state index contributed by atoms with van der Waals surface area (Å²) in [4.78, 5) is 8.89. The summed E-state index contributed by atoms with van der Waals surface area (Å²) in [5.74, 6) is 0.491. The first-order valence-electron chi connectivity index (χ1n) is 6.42. The topological polar surface area (TPSA) is 56.7 Å². The van der Waals surface area contributed by atoms with Crippen LogP contribution in [0, 0.1) is 6.92 Å². The number of benzene rings is 1. The lowest BCUT2D eigenvalue weighted by Gasteiger charge is -2.16. The number of pyridine rings is 1. The van der Waals surface area contributed by atoms with Crippen LogP contribution in [0.1, 0.15) is 24.1 Å². The highest BCUT2D eigenvalue weighted by atomic mass is 79.9. The molecule has 1 unspecified atom stereocenters. The highest BCUT2D eigenvalue weighted by Gasteiger charge is 2.16. The summed E-state index contributed by atoms with van der Waals surface area (Å²) in [5, 5.41) is 0. The molecule has 2 heterocycles. The molecule has 20 heavy (non-hydrogen) atoms. The molecule has 0 radical (unpaired) electrons. The van der Waals surface area contributed by atoms with E-state index < -0.39 is 0 Å². The minimum absolute atomic E-state index is 0.0766. The Labute approximate surface area is 125 Å². The molecule has 0 aliphatic heterocycles. The molecule has 102 valence electrons. The summed E-state index contributed by atoms with van der Waals surface area (Å²) >= 11 is 3.50. The summed E-state index contributed by atoms with van der Waals surface area (Å²) in [6.07, 6.45) is 1.84. The van der Waals surface area contributed by atoms with Crippen LogP contribution in [0.25, 0.3) is 11.2 Å². The highest BCUT2D eigenvalue weighted by molar-refractivity contribution is 9.10. The van der Waals surface area contributed by atoms with Gasteiger partial charge in [0, 0.05) is 10.7 Å². The number of nitrogens with zero attached hydrogens (tertiary/aromatic N) is 3. The molecule has 0 amide bonds. The van der Waals surface area contributed by atoms with Crippen LogP contribution in [0.4, 0.5) is 5.95 Å². The van der Waals surface area contributed by atoms with E-state index in [2.05, 4.69) is 45.0 Å². The number of hydrogen-bond donors (Lipinski definition) is 1. The molecule has 1 aromatic carbocycles. The van der Waals surface area contributed by atoms with Crippen LogP contribution in [-0.4, -0.2) is 14.5 Å². The van der Waals surface area contributed by atoms with E-state index >= 15 is 0 Å². The van der Waals surface area contributed by atoms with Gasteiger partial charge in [-0.2, -0.15) is 0 Å². The molecule has 2 N–H and O–H groups in total. The largest absolute Gasteiger partial charge is 0.369 e. The molecule has 3 aromatic rings. The van der Waals surface area contributed by atoms with Crippen molar-refractivity contribution in [1.82, 2.24) is 14.5 Å². The predicted molar refractivity (Wildman–Crippen MR) is 84.6 cm³/mol. The standard InChI is InChI=1S/C15H15BrN4/c1-9-6-13-14(18-8-9)20(15(17)19-13)10(2)11-4-3-5-12(16)7-11/h3-8,10H,1-2H3,(H2,17,19). The van der Waals surface area contributed by atoms with Gasteiger partial charge >= 0.3 is 0 Å². The first-order chi connectivity index (χ1) is 9.56. The molecule has 0 aliphatic carbocycles. The van der Waals surface area contributed by atoms with Crippen LogP contribution in [-0.2, 0) is 0 Å². The first-order valence-corrected chi connectivity index (χ1v) is 7.21. The molecule has 0 saturated heterocycles. The third-order valence-corrected chi connectivity index (χ3v) is 3.91. The van der Waals surface area contributed by atoms with E-state index in [1.165, 1.54) is 0 Å². The monoisotopic (exact) mass is 330 g/mol. The Bertz CT molecular complexity index is 779. The number of anilines is 1. The Morgan fingerprint density at radius 2 is 2.10 bits per heavy atom. The van der Waals surface area contributed by atoms with Crippen molar-refractivity contribution in [3.63, 3.8) is 0 Å². The SMILES string of the molecule is Cc1cnc2c(c1)nc(N)n2C(C)c1cccc(Br)c1. The fourth-order valence-corrected chi connectivity index (χ4v) is 2.81. The lowest BCUT2D eigenvalue weighted by atomic mass is 10.1. The van der Waals surface area contributed by atoms with Gasteiger partial charge in [0.1, 0.15) is 5.52 Å². The van der Waals surface area contributed by atoms with E-state index in [0.29, 0.717) is 5.95 Å². The number of halogens is 1. The van der Waals surface area contributed by atoms with Gasteiger partial charge in [-0.3, -0.25) is 4.57 Å². The van der Waals surface area contributed by atoms with Gasteiger partial charge in [-0.1, -0.05) is 28.1 Å². The molecule has 3 rings (SSSR count). The third-order valence-electron chi connectivity index (χ3n) is 3.41. The molecule has 2 aromatic heterocycles. The second-order valence-electron chi connectivity index (χ2n) is 4.93. The molecule has 4 nitrogen and oxygen atoms in total. The summed E-state index contributed by atoms with van der Waals surface area (Å²) in [5.41, 5.74) is 9.98. The second kappa shape index (κ2) is 4.90. The average Bonchev–Trinajstić information content (AvgIpc) is 2.73. The zero-order chi connectivity index (χ0) is 14.3. The Balaban J connectivity index is 2.16. The zero-order valence-corrected chi connectivity index (χ0v) is 12.9. The van der Waals surface area contributed by atoms with Gasteiger partial charge in [-0.25, -0.2) is 9.97 Å². The molecule has 0 bridgehead atoms. The number of hydrogen-bond acceptors (Lipinski definition) is 3. The van der Waals surface area contributed by atoms with Crippen molar-refractivity contribution in [2.45, 2.75) is 19.9 Å². The number of rotatable bonds is 2. The Hall–Kier alpha value is -1.88. The summed E-state index contributed by atoms with van der Waals surface area (Å²) in [6.45, 7) is 4.10. The normalized spacial score (nSPS) is 12.8. The number of fused-ring (bicyclic) bond motifs is 1. The Kier molecular flexibility index (Phi) is 3.22. The van der Waals surface area contributed by atoms with E-state index in [0.717, 1.165) is 26.8 Å². The van der Waals surface area contributed by atoms with Crippen LogP contribution in [0.2, 0.25) is 0 Å². The van der Waals surface area contributed by atoms with Crippen molar-refractivity contribution in [3.05, 3.63) is 52.1 Å². The quantitative estimate of drug-likeness (QED) is 0.779. The van der Waals surface area contributed by atoms with E-state index in [1.807, 2.05) is 35.9 Å². The maximum Gasteiger partial charge on any atom is 0.203 e. The third kappa shape index (κ3) is 2.18. The molecular formula is C15H15BrN4. The minimum atomic E-state index is 0.0766.